The summed E-state index contributed by atoms with van der Waals surface area (Å²) in [6.07, 6.45) is -5.86. The smallest absolute Gasteiger partial charge is 0.392 e. The Morgan fingerprint density at radius 1 is 1.39 bits per heavy atom. The number of halogens is 3. The lowest BCUT2D eigenvalue weighted by Crippen LogP contribution is -2.29. The molecule has 6 heteroatoms. The first-order valence-electron chi connectivity index (χ1n) is 5.18. The van der Waals surface area contributed by atoms with Gasteiger partial charge in [-0.2, -0.15) is 13.2 Å². The Hall–Kier alpha value is -1.56. The predicted octanol–water partition coefficient (Wildman–Crippen LogP) is 2.77. The van der Waals surface area contributed by atoms with Crippen molar-refractivity contribution in [3.63, 3.8) is 0 Å². The van der Waals surface area contributed by atoms with E-state index in [1.165, 1.54) is 31.2 Å². The molecule has 1 aromatic rings. The van der Waals surface area contributed by atoms with Crippen molar-refractivity contribution in [3.8, 4) is 5.75 Å². The molecule has 0 aromatic heterocycles. The molecule has 0 heterocycles. The van der Waals surface area contributed by atoms with Crippen LogP contribution in [0.25, 0.3) is 0 Å². The van der Waals surface area contributed by atoms with E-state index in [1.807, 2.05) is 0 Å². The van der Waals surface area contributed by atoms with Crippen LogP contribution in [0, 0.1) is 0 Å². The minimum atomic E-state index is -4.49. The molecule has 100 valence electrons. The van der Waals surface area contributed by atoms with Gasteiger partial charge in [0.1, 0.15) is 5.75 Å². The van der Waals surface area contributed by atoms with Gasteiger partial charge in [0.05, 0.1) is 12.0 Å². The average molecular weight is 262 g/mol. The van der Waals surface area contributed by atoms with Gasteiger partial charge in [0.15, 0.2) is 0 Å². The summed E-state index contributed by atoms with van der Waals surface area (Å²) in [5, 5.41) is 9.82. The number of ether oxygens (including phenoxy) is 1. The molecule has 1 aromatic carbocycles. The van der Waals surface area contributed by atoms with Gasteiger partial charge in [-0.3, -0.25) is 4.79 Å². The van der Waals surface area contributed by atoms with Crippen molar-refractivity contribution >= 4 is 5.97 Å². The van der Waals surface area contributed by atoms with Gasteiger partial charge in [0.2, 0.25) is 0 Å². The van der Waals surface area contributed by atoms with Crippen LogP contribution in [0.1, 0.15) is 25.8 Å². The molecule has 0 bridgehead atoms. The quantitative estimate of drug-likeness (QED) is 0.673. The summed E-state index contributed by atoms with van der Waals surface area (Å²) in [5.41, 5.74) is -2.02. The van der Waals surface area contributed by atoms with E-state index in [1.54, 1.807) is 0 Å². The largest absolute Gasteiger partial charge is 0.427 e. The van der Waals surface area contributed by atoms with Crippen LogP contribution in [0.4, 0.5) is 13.2 Å². The van der Waals surface area contributed by atoms with Crippen molar-refractivity contribution in [3.05, 3.63) is 29.8 Å². The van der Waals surface area contributed by atoms with Gasteiger partial charge in [-0.1, -0.05) is 12.1 Å². The number of carbonyl (C=O) groups is 1. The number of hydrogen-bond acceptors (Lipinski definition) is 3. The first kappa shape index (κ1) is 14.5. The zero-order valence-corrected chi connectivity index (χ0v) is 9.91. The van der Waals surface area contributed by atoms with E-state index in [9.17, 15) is 23.1 Å². The second-order valence-corrected chi connectivity index (χ2v) is 4.19. The van der Waals surface area contributed by atoms with Crippen molar-refractivity contribution in [2.24, 2.45) is 0 Å². The molecule has 0 saturated carbocycles. The molecule has 0 spiro atoms. The van der Waals surface area contributed by atoms with Crippen LogP contribution < -0.4 is 4.74 Å². The molecule has 0 radical (unpaired) electrons. The normalized spacial score (nSPS) is 15.0. The Morgan fingerprint density at radius 2 is 2.00 bits per heavy atom. The monoisotopic (exact) mass is 262 g/mol. The van der Waals surface area contributed by atoms with E-state index in [-0.39, 0.29) is 11.3 Å². The minimum absolute atomic E-state index is 0.0403. The van der Waals surface area contributed by atoms with Gasteiger partial charge in [-0.05, 0) is 24.6 Å². The van der Waals surface area contributed by atoms with Crippen LogP contribution in [-0.2, 0) is 10.4 Å². The summed E-state index contributed by atoms with van der Waals surface area (Å²) in [5.74, 6) is -0.481. The molecule has 1 rings (SSSR count). The predicted molar refractivity (Wildman–Crippen MR) is 58.0 cm³/mol. The second kappa shape index (κ2) is 4.97. The number of benzene rings is 1. The van der Waals surface area contributed by atoms with Crippen LogP contribution in [0.3, 0.4) is 0 Å². The fourth-order valence-electron chi connectivity index (χ4n) is 1.55. The van der Waals surface area contributed by atoms with Crippen LogP contribution in [0.15, 0.2) is 24.3 Å². The molecular weight excluding hydrogens is 249 g/mol. The SMILES string of the molecule is CC(=O)Oc1cccc(C(C)(O)CC(F)(F)F)c1. The molecule has 18 heavy (non-hydrogen) atoms. The van der Waals surface area contributed by atoms with E-state index in [0.29, 0.717) is 0 Å². The Labute approximate surface area is 102 Å². The number of aliphatic hydroxyl groups is 1. The summed E-state index contributed by atoms with van der Waals surface area (Å²) < 4.78 is 41.7. The minimum Gasteiger partial charge on any atom is -0.427 e. The second-order valence-electron chi connectivity index (χ2n) is 4.19. The number of esters is 1. The summed E-state index contributed by atoms with van der Waals surface area (Å²) in [7, 11) is 0. The summed E-state index contributed by atoms with van der Waals surface area (Å²) >= 11 is 0. The lowest BCUT2D eigenvalue weighted by atomic mass is 9.92. The first-order valence-corrected chi connectivity index (χ1v) is 5.18. The molecule has 0 amide bonds. The fourth-order valence-corrected chi connectivity index (χ4v) is 1.55. The van der Waals surface area contributed by atoms with Crippen LogP contribution in [-0.4, -0.2) is 17.3 Å². The topological polar surface area (TPSA) is 46.5 Å². The van der Waals surface area contributed by atoms with Crippen LogP contribution in [0.5, 0.6) is 5.75 Å². The Balaban J connectivity index is 2.98. The Kier molecular flexibility index (Phi) is 4.01. The van der Waals surface area contributed by atoms with Crippen molar-refractivity contribution < 1.29 is 27.8 Å². The van der Waals surface area contributed by atoms with E-state index in [0.717, 1.165) is 6.92 Å². The van der Waals surface area contributed by atoms with E-state index >= 15 is 0 Å². The maximum atomic E-state index is 12.3. The fraction of sp³-hybridized carbons (Fsp3) is 0.417. The maximum absolute atomic E-state index is 12.3. The zero-order chi connectivity index (χ0) is 14.0. The molecule has 0 saturated heterocycles. The van der Waals surface area contributed by atoms with Crippen molar-refractivity contribution in [2.75, 3.05) is 0 Å². The molecular formula is C12H13F3O3. The molecule has 1 atom stereocenters. The standard InChI is InChI=1S/C12H13F3O3/c1-8(16)18-10-5-3-4-9(6-10)11(2,17)7-12(13,14)15/h3-6,17H,7H2,1-2H3. The van der Waals surface area contributed by atoms with E-state index in [2.05, 4.69) is 0 Å². The molecule has 3 nitrogen and oxygen atoms in total. The number of hydrogen-bond donors (Lipinski definition) is 1. The van der Waals surface area contributed by atoms with Crippen LogP contribution in [0.2, 0.25) is 0 Å². The highest BCUT2D eigenvalue weighted by molar-refractivity contribution is 5.69. The number of alkyl halides is 3. The van der Waals surface area contributed by atoms with Gasteiger partial charge in [0.25, 0.3) is 0 Å². The van der Waals surface area contributed by atoms with Crippen molar-refractivity contribution in [1.82, 2.24) is 0 Å². The highest BCUT2D eigenvalue weighted by atomic mass is 19.4. The van der Waals surface area contributed by atoms with Gasteiger partial charge in [-0.15, -0.1) is 0 Å². The lowest BCUT2D eigenvalue weighted by molar-refractivity contribution is -0.174. The van der Waals surface area contributed by atoms with E-state index < -0.39 is 24.2 Å². The van der Waals surface area contributed by atoms with Crippen LogP contribution >= 0.6 is 0 Å². The number of carbonyl (C=O) groups excluding carboxylic acids is 1. The van der Waals surface area contributed by atoms with E-state index in [4.69, 9.17) is 4.74 Å². The first-order chi connectivity index (χ1) is 8.10. The molecule has 0 aliphatic rings. The van der Waals surface area contributed by atoms with Gasteiger partial charge >= 0.3 is 12.1 Å². The average Bonchev–Trinajstić information content (AvgIpc) is 2.13. The molecule has 1 unspecified atom stereocenters. The Bertz CT molecular complexity index is 438. The summed E-state index contributed by atoms with van der Waals surface area (Å²) in [4.78, 5) is 10.7. The zero-order valence-electron chi connectivity index (χ0n) is 9.91. The molecule has 0 aliphatic heterocycles. The summed E-state index contributed by atoms with van der Waals surface area (Å²) in [6, 6.07) is 5.40. The third kappa shape index (κ3) is 4.37. The third-order valence-electron chi connectivity index (χ3n) is 2.26. The highest BCUT2D eigenvalue weighted by Crippen LogP contribution is 2.35. The summed E-state index contributed by atoms with van der Waals surface area (Å²) in [6.45, 7) is 2.24. The lowest BCUT2D eigenvalue weighted by Gasteiger charge is -2.25. The Morgan fingerprint density at radius 3 is 2.50 bits per heavy atom. The van der Waals surface area contributed by atoms with Crippen molar-refractivity contribution in [2.45, 2.75) is 32.0 Å². The highest BCUT2D eigenvalue weighted by Gasteiger charge is 2.39. The molecule has 0 aliphatic carbocycles. The molecule has 0 fully saturated rings. The van der Waals surface area contributed by atoms with Crippen molar-refractivity contribution in [1.29, 1.82) is 0 Å². The number of rotatable bonds is 3. The maximum Gasteiger partial charge on any atom is 0.392 e. The molecule has 1 N–H and O–H groups in total. The third-order valence-corrected chi connectivity index (χ3v) is 2.26. The van der Waals surface area contributed by atoms with Gasteiger partial charge < -0.3 is 9.84 Å². The van der Waals surface area contributed by atoms with Gasteiger partial charge in [-0.25, -0.2) is 0 Å². The van der Waals surface area contributed by atoms with Gasteiger partial charge in [0, 0.05) is 6.92 Å².